The van der Waals surface area contributed by atoms with E-state index in [4.69, 9.17) is 20.1 Å². The van der Waals surface area contributed by atoms with E-state index in [1.165, 1.54) is 13.4 Å². The maximum absolute atomic E-state index is 8.97. The number of aromatic nitrogens is 1. The van der Waals surface area contributed by atoms with Gasteiger partial charge >= 0.3 is 0 Å². The Labute approximate surface area is 98.4 Å². The van der Waals surface area contributed by atoms with Crippen LogP contribution >= 0.6 is 0 Å². The van der Waals surface area contributed by atoms with Crippen LogP contribution in [0.3, 0.4) is 0 Å². The first-order chi connectivity index (χ1) is 8.30. The third kappa shape index (κ3) is 1.98. The lowest BCUT2D eigenvalue weighted by molar-refractivity contribution is 0.413. The van der Waals surface area contributed by atoms with Crippen molar-refractivity contribution in [3.63, 3.8) is 0 Å². The highest BCUT2D eigenvalue weighted by molar-refractivity contribution is 5.67. The number of methoxy groups -OCH3 is 1. The molecule has 5 heteroatoms. The number of hydrogen-bond donors (Lipinski definition) is 1. The van der Waals surface area contributed by atoms with Crippen molar-refractivity contribution in [2.45, 2.75) is 6.54 Å². The Kier molecular flexibility index (Phi) is 3.08. The van der Waals surface area contributed by atoms with E-state index in [0.717, 1.165) is 0 Å². The molecule has 0 aliphatic rings. The summed E-state index contributed by atoms with van der Waals surface area (Å²) < 4.78 is 10.5. The second-order valence-corrected chi connectivity index (χ2v) is 3.35. The van der Waals surface area contributed by atoms with Crippen LogP contribution in [0.5, 0.6) is 5.75 Å². The first-order valence-corrected chi connectivity index (χ1v) is 5.02. The molecule has 2 N–H and O–H groups in total. The lowest BCUT2D eigenvalue weighted by Crippen LogP contribution is -1.96. The van der Waals surface area contributed by atoms with Crippen molar-refractivity contribution in [1.82, 2.24) is 4.98 Å². The lowest BCUT2D eigenvalue weighted by Gasteiger charge is -2.06. The van der Waals surface area contributed by atoms with Crippen LogP contribution in [-0.4, -0.2) is 12.1 Å². The maximum atomic E-state index is 8.97. The van der Waals surface area contributed by atoms with E-state index < -0.39 is 0 Å². The molecule has 0 amide bonds. The SMILES string of the molecule is COc1c(C#N)cccc1-c1nc(CN)co1. The maximum Gasteiger partial charge on any atom is 0.230 e. The van der Waals surface area contributed by atoms with E-state index in [2.05, 4.69) is 11.1 Å². The minimum atomic E-state index is 0.309. The summed E-state index contributed by atoms with van der Waals surface area (Å²) in [5.41, 5.74) is 7.21. The molecule has 1 aromatic carbocycles. The van der Waals surface area contributed by atoms with Gasteiger partial charge in [0.05, 0.1) is 23.9 Å². The third-order valence-corrected chi connectivity index (χ3v) is 2.33. The van der Waals surface area contributed by atoms with Crippen molar-refractivity contribution in [3.05, 3.63) is 35.7 Å². The highest BCUT2D eigenvalue weighted by Crippen LogP contribution is 2.32. The zero-order valence-electron chi connectivity index (χ0n) is 9.30. The number of oxazole rings is 1. The quantitative estimate of drug-likeness (QED) is 0.865. The molecule has 1 aromatic heterocycles. The van der Waals surface area contributed by atoms with Gasteiger partial charge in [-0.15, -0.1) is 0 Å². The summed E-state index contributed by atoms with van der Waals surface area (Å²) in [6, 6.07) is 7.27. The van der Waals surface area contributed by atoms with E-state index in [-0.39, 0.29) is 0 Å². The summed E-state index contributed by atoms with van der Waals surface area (Å²) in [6.07, 6.45) is 1.49. The van der Waals surface area contributed by atoms with E-state index >= 15 is 0 Å². The summed E-state index contributed by atoms with van der Waals surface area (Å²) in [5.74, 6) is 0.861. The molecule has 0 radical (unpaired) electrons. The van der Waals surface area contributed by atoms with Crippen molar-refractivity contribution >= 4 is 0 Å². The molecular weight excluding hydrogens is 218 g/mol. The van der Waals surface area contributed by atoms with Gasteiger partial charge in [-0.05, 0) is 12.1 Å². The van der Waals surface area contributed by atoms with Crippen LogP contribution in [0.2, 0.25) is 0 Å². The number of benzene rings is 1. The molecule has 17 heavy (non-hydrogen) atoms. The van der Waals surface area contributed by atoms with Gasteiger partial charge in [0.15, 0.2) is 0 Å². The van der Waals surface area contributed by atoms with Gasteiger partial charge in [0.25, 0.3) is 0 Å². The molecule has 0 atom stereocenters. The van der Waals surface area contributed by atoms with Gasteiger partial charge in [0.1, 0.15) is 18.1 Å². The van der Waals surface area contributed by atoms with Crippen molar-refractivity contribution in [1.29, 1.82) is 5.26 Å². The Bertz CT molecular complexity index is 569. The van der Waals surface area contributed by atoms with Crippen molar-refractivity contribution in [2.75, 3.05) is 7.11 Å². The van der Waals surface area contributed by atoms with Crippen molar-refractivity contribution in [2.24, 2.45) is 5.73 Å². The molecule has 1 heterocycles. The topological polar surface area (TPSA) is 85.1 Å². The largest absolute Gasteiger partial charge is 0.495 e. The van der Waals surface area contributed by atoms with Crippen molar-refractivity contribution in [3.8, 4) is 23.3 Å². The standard InChI is InChI=1S/C12H11N3O2/c1-16-11-8(5-13)3-2-4-10(11)12-15-9(6-14)7-17-12/h2-4,7H,6,14H2,1H3. The van der Waals surface area contributed by atoms with Crippen molar-refractivity contribution < 1.29 is 9.15 Å². The fourth-order valence-corrected chi connectivity index (χ4v) is 1.54. The summed E-state index contributed by atoms with van der Waals surface area (Å²) >= 11 is 0. The van der Waals surface area contributed by atoms with Crippen LogP contribution < -0.4 is 10.5 Å². The Morgan fingerprint density at radius 3 is 2.94 bits per heavy atom. The molecule has 2 aromatic rings. The van der Waals surface area contributed by atoms with Crippen LogP contribution in [0.4, 0.5) is 0 Å². The predicted octanol–water partition coefficient (Wildman–Crippen LogP) is 1.68. The minimum Gasteiger partial charge on any atom is -0.495 e. The summed E-state index contributed by atoms with van der Waals surface area (Å²) in [7, 11) is 1.51. The zero-order chi connectivity index (χ0) is 12.3. The summed E-state index contributed by atoms with van der Waals surface area (Å²) in [5, 5.41) is 8.97. The van der Waals surface area contributed by atoms with E-state index in [0.29, 0.717) is 35.0 Å². The highest BCUT2D eigenvalue weighted by Gasteiger charge is 2.14. The van der Waals surface area contributed by atoms with Gasteiger partial charge in [-0.25, -0.2) is 4.98 Å². The first-order valence-electron chi connectivity index (χ1n) is 5.02. The number of rotatable bonds is 3. The van der Waals surface area contributed by atoms with E-state index in [1.54, 1.807) is 18.2 Å². The fraction of sp³-hybridized carbons (Fsp3) is 0.167. The molecule has 0 aliphatic heterocycles. The molecule has 0 saturated carbocycles. The van der Waals surface area contributed by atoms with Crippen LogP contribution in [0.1, 0.15) is 11.3 Å². The molecule has 0 fully saturated rings. The summed E-state index contributed by atoms with van der Waals surface area (Å²) in [6.45, 7) is 0.309. The Hall–Kier alpha value is -2.32. The molecule has 5 nitrogen and oxygen atoms in total. The zero-order valence-corrected chi connectivity index (χ0v) is 9.30. The molecule has 0 aliphatic carbocycles. The Morgan fingerprint density at radius 1 is 1.53 bits per heavy atom. The monoisotopic (exact) mass is 229 g/mol. The number of nitrogens with two attached hydrogens (primary N) is 1. The molecule has 0 unspecified atom stereocenters. The van der Waals surface area contributed by atoms with E-state index in [9.17, 15) is 0 Å². The van der Waals surface area contributed by atoms with Gasteiger partial charge < -0.3 is 14.9 Å². The Balaban J connectivity index is 2.55. The lowest BCUT2D eigenvalue weighted by atomic mass is 10.1. The fourth-order valence-electron chi connectivity index (χ4n) is 1.54. The molecule has 0 bridgehead atoms. The molecule has 0 spiro atoms. The normalized spacial score (nSPS) is 9.94. The van der Waals surface area contributed by atoms with Crippen LogP contribution in [0, 0.1) is 11.3 Å². The highest BCUT2D eigenvalue weighted by atomic mass is 16.5. The molecule has 2 rings (SSSR count). The smallest absolute Gasteiger partial charge is 0.230 e. The third-order valence-electron chi connectivity index (χ3n) is 2.33. The van der Waals surface area contributed by atoms with Gasteiger partial charge in [-0.3, -0.25) is 0 Å². The number of para-hydroxylation sites is 1. The Morgan fingerprint density at radius 2 is 2.35 bits per heavy atom. The van der Waals surface area contributed by atoms with Gasteiger partial charge in [0.2, 0.25) is 5.89 Å². The number of hydrogen-bond acceptors (Lipinski definition) is 5. The average Bonchev–Trinajstić information content (AvgIpc) is 2.86. The molecular formula is C12H11N3O2. The second-order valence-electron chi connectivity index (χ2n) is 3.35. The van der Waals surface area contributed by atoms with Crippen LogP contribution in [-0.2, 0) is 6.54 Å². The second kappa shape index (κ2) is 4.68. The number of ether oxygens (including phenoxy) is 1. The average molecular weight is 229 g/mol. The van der Waals surface area contributed by atoms with Crippen LogP contribution in [0.15, 0.2) is 28.9 Å². The van der Waals surface area contributed by atoms with E-state index in [1.807, 2.05) is 0 Å². The predicted molar refractivity (Wildman–Crippen MR) is 61.1 cm³/mol. The minimum absolute atomic E-state index is 0.309. The van der Waals surface area contributed by atoms with Gasteiger partial charge in [-0.1, -0.05) is 6.07 Å². The number of nitrogens with zero attached hydrogens (tertiary/aromatic N) is 2. The van der Waals surface area contributed by atoms with Gasteiger partial charge in [0, 0.05) is 6.54 Å². The van der Waals surface area contributed by atoms with Crippen LogP contribution in [0.25, 0.3) is 11.5 Å². The first kappa shape index (κ1) is 11.2. The molecule has 0 saturated heterocycles. The summed E-state index contributed by atoms with van der Waals surface area (Å²) in [4.78, 5) is 4.20. The number of nitriles is 1. The van der Waals surface area contributed by atoms with Gasteiger partial charge in [-0.2, -0.15) is 5.26 Å². The molecule has 86 valence electrons.